The molecule has 0 aliphatic carbocycles. The van der Waals surface area contributed by atoms with Crippen LogP contribution >= 0.6 is 0 Å². The third-order valence-corrected chi connectivity index (χ3v) is 4.69. The molecule has 0 saturated heterocycles. The lowest BCUT2D eigenvalue weighted by molar-refractivity contribution is 0.0692. The molecular weight excluding hydrogens is 292 g/mol. The molecule has 0 aliphatic rings. The van der Waals surface area contributed by atoms with E-state index in [9.17, 15) is 13.2 Å². The average molecular weight is 308 g/mol. The molecule has 21 heavy (non-hydrogen) atoms. The van der Waals surface area contributed by atoms with Gasteiger partial charge in [-0.2, -0.15) is 5.10 Å². The Hall–Kier alpha value is -2.15. The Bertz CT molecular complexity index is 763. The van der Waals surface area contributed by atoms with Gasteiger partial charge in [0.05, 0.1) is 21.9 Å². The zero-order valence-electron chi connectivity index (χ0n) is 11.7. The second-order valence-corrected chi connectivity index (χ2v) is 6.90. The second kappa shape index (κ2) is 5.69. The average Bonchev–Trinajstić information content (AvgIpc) is 2.86. The van der Waals surface area contributed by atoms with Gasteiger partial charge in [-0.1, -0.05) is 12.1 Å². The number of carboxylic acid groups (broad SMARTS) is 1. The first-order valence-electron chi connectivity index (χ1n) is 6.40. The maximum Gasteiger partial charge on any atom is 0.337 e. The number of hydrogen-bond acceptors (Lipinski definition) is 4. The minimum absolute atomic E-state index is 0.132. The Kier molecular flexibility index (Phi) is 4.13. The van der Waals surface area contributed by atoms with Crippen molar-refractivity contribution in [1.82, 2.24) is 9.78 Å². The van der Waals surface area contributed by atoms with Crippen LogP contribution < -0.4 is 0 Å². The van der Waals surface area contributed by atoms with Crippen LogP contribution in [0, 0.1) is 0 Å². The molecule has 1 N–H and O–H groups in total. The fourth-order valence-electron chi connectivity index (χ4n) is 1.93. The van der Waals surface area contributed by atoms with Crippen molar-refractivity contribution in [2.45, 2.75) is 30.5 Å². The minimum atomic E-state index is -3.76. The van der Waals surface area contributed by atoms with E-state index in [1.54, 1.807) is 16.9 Å². The molecule has 0 aliphatic heterocycles. The molecule has 1 aromatic heterocycles. The van der Waals surface area contributed by atoms with Crippen molar-refractivity contribution in [2.24, 2.45) is 0 Å². The van der Waals surface area contributed by atoms with Crippen LogP contribution in [-0.2, 0) is 15.6 Å². The van der Waals surface area contributed by atoms with Gasteiger partial charge in [-0.05, 0) is 32.0 Å². The van der Waals surface area contributed by atoms with Gasteiger partial charge in [0.25, 0.3) is 0 Å². The van der Waals surface area contributed by atoms with Crippen molar-refractivity contribution in [3.8, 4) is 0 Å². The summed E-state index contributed by atoms with van der Waals surface area (Å²) in [5, 5.41) is 13.3. The fourth-order valence-corrected chi connectivity index (χ4v) is 3.40. The van der Waals surface area contributed by atoms with Crippen LogP contribution in [0.15, 0.2) is 41.4 Å². The summed E-state index contributed by atoms with van der Waals surface area (Å²) in [4.78, 5) is 10.9. The van der Waals surface area contributed by atoms with E-state index in [0.29, 0.717) is 5.69 Å². The zero-order valence-corrected chi connectivity index (χ0v) is 12.5. The Morgan fingerprint density at radius 3 is 2.52 bits per heavy atom. The van der Waals surface area contributed by atoms with Crippen LogP contribution in [0.2, 0.25) is 0 Å². The van der Waals surface area contributed by atoms with Gasteiger partial charge in [-0.3, -0.25) is 4.68 Å². The Morgan fingerprint density at radius 2 is 1.95 bits per heavy atom. The first kappa shape index (κ1) is 15.2. The molecule has 0 amide bonds. The number of sulfone groups is 1. The van der Waals surface area contributed by atoms with E-state index in [-0.39, 0.29) is 22.3 Å². The first-order chi connectivity index (χ1) is 9.81. The summed E-state index contributed by atoms with van der Waals surface area (Å²) in [5.74, 6) is -1.58. The van der Waals surface area contributed by atoms with Gasteiger partial charge in [0.1, 0.15) is 0 Å². The van der Waals surface area contributed by atoms with Crippen LogP contribution in [0.25, 0.3) is 0 Å². The van der Waals surface area contributed by atoms with Gasteiger partial charge in [-0.15, -0.1) is 0 Å². The second-order valence-electron chi connectivity index (χ2n) is 4.94. The maximum absolute atomic E-state index is 12.4. The molecule has 0 atom stereocenters. The van der Waals surface area contributed by atoms with E-state index in [4.69, 9.17) is 5.11 Å². The lowest BCUT2D eigenvalue weighted by atomic mass is 10.2. The van der Waals surface area contributed by atoms with Crippen LogP contribution in [0.1, 0.15) is 35.9 Å². The Labute approximate surface area is 123 Å². The summed E-state index contributed by atoms with van der Waals surface area (Å²) in [6.45, 7) is 3.87. The highest BCUT2D eigenvalue weighted by Crippen LogP contribution is 2.20. The van der Waals surface area contributed by atoms with Crippen molar-refractivity contribution in [3.63, 3.8) is 0 Å². The van der Waals surface area contributed by atoms with Crippen molar-refractivity contribution in [3.05, 3.63) is 47.8 Å². The Morgan fingerprint density at radius 1 is 1.29 bits per heavy atom. The molecule has 2 aromatic rings. The lowest BCUT2D eigenvalue weighted by Gasteiger charge is -2.07. The van der Waals surface area contributed by atoms with Crippen LogP contribution in [-0.4, -0.2) is 29.3 Å². The van der Waals surface area contributed by atoms with E-state index < -0.39 is 15.8 Å². The standard InChI is InChI=1S/C14H16N2O4S/c1-10(2)16-8-7-11(15-16)9-21(19,20)13-6-4-3-5-12(13)14(17)18/h3-8,10H,9H2,1-2H3,(H,17,18). The molecular formula is C14H16N2O4S. The smallest absolute Gasteiger partial charge is 0.337 e. The molecule has 0 radical (unpaired) electrons. The third kappa shape index (κ3) is 3.30. The Balaban J connectivity index is 2.36. The zero-order chi connectivity index (χ0) is 15.6. The van der Waals surface area contributed by atoms with Crippen molar-refractivity contribution in [2.75, 3.05) is 0 Å². The molecule has 112 valence electrons. The van der Waals surface area contributed by atoms with Gasteiger partial charge in [0, 0.05) is 12.2 Å². The predicted octanol–water partition coefficient (Wildman–Crippen LogP) is 2.14. The van der Waals surface area contributed by atoms with E-state index in [2.05, 4.69) is 5.10 Å². The molecule has 0 spiro atoms. The van der Waals surface area contributed by atoms with E-state index >= 15 is 0 Å². The molecule has 2 rings (SSSR count). The van der Waals surface area contributed by atoms with Gasteiger partial charge < -0.3 is 5.11 Å². The topological polar surface area (TPSA) is 89.3 Å². The summed E-state index contributed by atoms with van der Waals surface area (Å²) in [6, 6.07) is 7.34. The summed E-state index contributed by atoms with van der Waals surface area (Å²) >= 11 is 0. The van der Waals surface area contributed by atoms with E-state index in [0.717, 1.165) is 0 Å². The van der Waals surface area contributed by atoms with Gasteiger partial charge in [-0.25, -0.2) is 13.2 Å². The largest absolute Gasteiger partial charge is 0.478 e. The van der Waals surface area contributed by atoms with Crippen molar-refractivity contribution >= 4 is 15.8 Å². The molecule has 6 nitrogen and oxygen atoms in total. The molecule has 1 aromatic carbocycles. The number of nitrogens with zero attached hydrogens (tertiary/aromatic N) is 2. The quantitative estimate of drug-likeness (QED) is 0.914. The maximum atomic E-state index is 12.4. The number of rotatable bonds is 5. The normalized spacial score (nSPS) is 11.8. The number of benzene rings is 1. The van der Waals surface area contributed by atoms with E-state index in [1.807, 2.05) is 13.8 Å². The van der Waals surface area contributed by atoms with Crippen LogP contribution in [0.3, 0.4) is 0 Å². The highest BCUT2D eigenvalue weighted by molar-refractivity contribution is 7.90. The van der Waals surface area contributed by atoms with Crippen molar-refractivity contribution in [1.29, 1.82) is 0 Å². The SMILES string of the molecule is CC(C)n1ccc(CS(=O)(=O)c2ccccc2C(=O)O)n1. The number of carboxylic acids is 1. The van der Waals surface area contributed by atoms with E-state index in [1.165, 1.54) is 24.3 Å². The minimum Gasteiger partial charge on any atom is -0.478 e. The molecule has 0 fully saturated rings. The van der Waals surface area contributed by atoms with Gasteiger partial charge in [0.2, 0.25) is 0 Å². The summed E-state index contributed by atoms with van der Waals surface area (Å²) in [5.41, 5.74) is 0.171. The number of aromatic nitrogens is 2. The third-order valence-electron chi connectivity index (χ3n) is 2.98. The highest BCUT2D eigenvalue weighted by Gasteiger charge is 2.23. The van der Waals surface area contributed by atoms with Gasteiger partial charge in [0.15, 0.2) is 9.84 Å². The molecule has 1 heterocycles. The number of hydrogen-bond donors (Lipinski definition) is 1. The summed E-state index contributed by atoms with van der Waals surface area (Å²) in [7, 11) is -3.76. The molecule has 0 saturated carbocycles. The lowest BCUT2D eigenvalue weighted by Crippen LogP contribution is -2.12. The molecule has 0 unspecified atom stereocenters. The monoisotopic (exact) mass is 308 g/mol. The summed E-state index contributed by atoms with van der Waals surface area (Å²) in [6.07, 6.45) is 1.71. The number of aromatic carboxylic acids is 1. The van der Waals surface area contributed by atoms with Gasteiger partial charge >= 0.3 is 5.97 Å². The number of carbonyl (C=O) groups is 1. The van der Waals surface area contributed by atoms with Crippen LogP contribution in [0.5, 0.6) is 0 Å². The summed E-state index contributed by atoms with van der Waals surface area (Å²) < 4.78 is 26.4. The molecule has 0 bridgehead atoms. The fraction of sp³-hybridized carbons (Fsp3) is 0.286. The predicted molar refractivity (Wildman–Crippen MR) is 76.9 cm³/mol. The molecule has 7 heteroatoms. The van der Waals surface area contributed by atoms with Crippen LogP contribution in [0.4, 0.5) is 0 Å². The van der Waals surface area contributed by atoms with Crippen molar-refractivity contribution < 1.29 is 18.3 Å². The highest BCUT2D eigenvalue weighted by atomic mass is 32.2. The first-order valence-corrected chi connectivity index (χ1v) is 8.05.